The van der Waals surface area contributed by atoms with Gasteiger partial charge in [0.25, 0.3) is 0 Å². The summed E-state index contributed by atoms with van der Waals surface area (Å²) in [6.45, 7) is 2.48. The van der Waals surface area contributed by atoms with Gasteiger partial charge < -0.3 is 14.8 Å². The molecule has 1 heterocycles. The minimum atomic E-state index is -0.252. The SMILES string of the molecule is CCOc1ccc(/C=N/N=C2\NC(=O)C(Cc3cccc(Cl)c3)S2)cc1OC. The zero-order valence-corrected chi connectivity index (χ0v) is 17.1. The normalized spacial score (nSPS) is 17.9. The molecule has 3 rings (SSSR count). The molecule has 1 saturated heterocycles. The fourth-order valence-corrected chi connectivity index (χ4v) is 3.83. The van der Waals surface area contributed by atoms with Gasteiger partial charge in [0.1, 0.15) is 0 Å². The highest BCUT2D eigenvalue weighted by Gasteiger charge is 2.30. The van der Waals surface area contributed by atoms with Crippen molar-refractivity contribution in [1.82, 2.24) is 5.32 Å². The Hall–Kier alpha value is -2.51. The standard InChI is InChI=1S/C20H20ClN3O3S/c1-3-27-16-8-7-14(10-17(16)26-2)12-22-24-20-23-19(25)18(28-20)11-13-5-4-6-15(21)9-13/h4-10,12,18H,3,11H2,1-2H3,(H,23,24,25)/b22-12+. The second-order valence-corrected chi connectivity index (χ2v) is 7.55. The minimum Gasteiger partial charge on any atom is -0.493 e. The van der Waals surface area contributed by atoms with Gasteiger partial charge in [-0.3, -0.25) is 4.79 Å². The van der Waals surface area contributed by atoms with Crippen LogP contribution >= 0.6 is 23.4 Å². The van der Waals surface area contributed by atoms with Crippen LogP contribution in [0.3, 0.4) is 0 Å². The van der Waals surface area contributed by atoms with E-state index in [1.54, 1.807) is 13.3 Å². The smallest absolute Gasteiger partial charge is 0.239 e. The molecule has 2 aromatic rings. The van der Waals surface area contributed by atoms with E-state index in [0.717, 1.165) is 11.1 Å². The van der Waals surface area contributed by atoms with Gasteiger partial charge in [-0.25, -0.2) is 0 Å². The number of benzene rings is 2. The number of thioether (sulfide) groups is 1. The van der Waals surface area contributed by atoms with Crippen LogP contribution in [0, 0.1) is 0 Å². The van der Waals surface area contributed by atoms with E-state index in [-0.39, 0.29) is 11.2 Å². The number of nitrogens with one attached hydrogen (secondary N) is 1. The number of carbonyl (C=O) groups is 1. The predicted molar refractivity (Wildman–Crippen MR) is 114 cm³/mol. The van der Waals surface area contributed by atoms with Crippen molar-refractivity contribution in [2.75, 3.05) is 13.7 Å². The van der Waals surface area contributed by atoms with E-state index < -0.39 is 0 Å². The molecule has 0 bridgehead atoms. The predicted octanol–water partition coefficient (Wildman–Crippen LogP) is 3.91. The third kappa shape index (κ3) is 5.27. The Balaban J connectivity index is 1.64. The van der Waals surface area contributed by atoms with E-state index >= 15 is 0 Å². The van der Waals surface area contributed by atoms with Crippen LogP contribution in [-0.4, -0.2) is 36.3 Å². The largest absolute Gasteiger partial charge is 0.493 e. The van der Waals surface area contributed by atoms with Crippen molar-refractivity contribution in [1.29, 1.82) is 0 Å². The summed E-state index contributed by atoms with van der Waals surface area (Å²) >= 11 is 7.36. The summed E-state index contributed by atoms with van der Waals surface area (Å²) < 4.78 is 10.8. The van der Waals surface area contributed by atoms with Crippen LogP contribution in [0.2, 0.25) is 5.02 Å². The van der Waals surface area contributed by atoms with Gasteiger partial charge in [-0.05, 0) is 54.8 Å². The third-order valence-corrected chi connectivity index (χ3v) is 5.24. The maximum Gasteiger partial charge on any atom is 0.239 e. The summed E-state index contributed by atoms with van der Waals surface area (Å²) in [5.74, 6) is 1.22. The summed E-state index contributed by atoms with van der Waals surface area (Å²) in [5, 5.41) is 11.8. The monoisotopic (exact) mass is 417 g/mol. The Kier molecular flexibility index (Phi) is 6.95. The van der Waals surface area contributed by atoms with E-state index in [2.05, 4.69) is 15.5 Å². The van der Waals surface area contributed by atoms with Gasteiger partial charge in [-0.1, -0.05) is 35.5 Å². The number of rotatable bonds is 7. The Morgan fingerprint density at radius 3 is 2.86 bits per heavy atom. The first-order valence-corrected chi connectivity index (χ1v) is 9.98. The Bertz CT molecular complexity index is 917. The topological polar surface area (TPSA) is 72.3 Å². The van der Waals surface area contributed by atoms with Crippen molar-refractivity contribution >= 4 is 40.7 Å². The molecule has 1 unspecified atom stereocenters. The number of hydrogen-bond acceptors (Lipinski definition) is 6. The number of amidine groups is 1. The summed E-state index contributed by atoms with van der Waals surface area (Å²) in [4.78, 5) is 12.2. The lowest BCUT2D eigenvalue weighted by Gasteiger charge is -2.09. The van der Waals surface area contributed by atoms with E-state index in [4.69, 9.17) is 21.1 Å². The number of hydrogen-bond donors (Lipinski definition) is 1. The van der Waals surface area contributed by atoms with Crippen molar-refractivity contribution < 1.29 is 14.3 Å². The molecule has 146 valence electrons. The Labute approximate surface area is 173 Å². The highest BCUT2D eigenvalue weighted by molar-refractivity contribution is 8.15. The summed E-state index contributed by atoms with van der Waals surface area (Å²) in [5.41, 5.74) is 1.82. The number of carbonyl (C=O) groups excluding carboxylic acids is 1. The lowest BCUT2D eigenvalue weighted by molar-refractivity contribution is -0.118. The molecule has 8 heteroatoms. The van der Waals surface area contributed by atoms with Crippen molar-refractivity contribution in [3.8, 4) is 11.5 Å². The molecule has 6 nitrogen and oxygen atoms in total. The Morgan fingerprint density at radius 1 is 1.25 bits per heavy atom. The van der Waals surface area contributed by atoms with E-state index in [9.17, 15) is 4.79 Å². The number of halogens is 1. The number of amides is 1. The van der Waals surface area contributed by atoms with Crippen LogP contribution in [0.1, 0.15) is 18.1 Å². The van der Waals surface area contributed by atoms with Crippen molar-refractivity contribution in [2.24, 2.45) is 10.2 Å². The molecule has 0 aromatic heterocycles. The second kappa shape index (κ2) is 9.61. The highest BCUT2D eigenvalue weighted by Crippen LogP contribution is 2.28. The molecular weight excluding hydrogens is 398 g/mol. The summed E-state index contributed by atoms with van der Waals surface area (Å²) in [7, 11) is 1.59. The minimum absolute atomic E-state index is 0.0818. The third-order valence-electron chi connectivity index (χ3n) is 3.93. The first-order chi connectivity index (χ1) is 13.6. The van der Waals surface area contributed by atoms with Gasteiger partial charge in [0, 0.05) is 5.02 Å². The zero-order valence-electron chi connectivity index (χ0n) is 15.5. The average Bonchev–Trinajstić information content (AvgIpc) is 3.02. The van der Waals surface area contributed by atoms with Gasteiger partial charge in [-0.2, -0.15) is 5.10 Å². The number of ether oxygens (including phenoxy) is 2. The highest BCUT2D eigenvalue weighted by atomic mass is 35.5. The van der Waals surface area contributed by atoms with Crippen LogP contribution in [0.4, 0.5) is 0 Å². The molecule has 0 spiro atoms. The van der Waals surface area contributed by atoms with Crippen LogP contribution in [-0.2, 0) is 11.2 Å². The molecule has 1 amide bonds. The summed E-state index contributed by atoms with van der Waals surface area (Å²) in [6, 6.07) is 13.0. The first kappa shape index (κ1) is 20.2. The van der Waals surface area contributed by atoms with Crippen molar-refractivity contribution in [3.05, 3.63) is 58.6 Å². The molecule has 1 aliphatic heterocycles. The summed E-state index contributed by atoms with van der Waals surface area (Å²) in [6.07, 6.45) is 2.18. The van der Waals surface area contributed by atoms with Crippen LogP contribution in [0.15, 0.2) is 52.7 Å². The average molecular weight is 418 g/mol. The molecular formula is C20H20ClN3O3S. The molecule has 1 aliphatic rings. The first-order valence-electron chi connectivity index (χ1n) is 8.73. The fourth-order valence-electron chi connectivity index (χ4n) is 2.65. The lowest BCUT2D eigenvalue weighted by atomic mass is 10.1. The molecule has 2 aromatic carbocycles. The molecule has 1 atom stereocenters. The van der Waals surface area contributed by atoms with E-state index in [0.29, 0.717) is 34.7 Å². The van der Waals surface area contributed by atoms with Gasteiger partial charge in [0.15, 0.2) is 16.7 Å². The molecule has 1 N–H and O–H groups in total. The van der Waals surface area contributed by atoms with Gasteiger partial charge >= 0.3 is 0 Å². The van der Waals surface area contributed by atoms with Gasteiger partial charge in [0.2, 0.25) is 5.91 Å². The van der Waals surface area contributed by atoms with Crippen LogP contribution in [0.5, 0.6) is 11.5 Å². The van der Waals surface area contributed by atoms with E-state index in [1.165, 1.54) is 11.8 Å². The molecule has 0 radical (unpaired) electrons. The second-order valence-electron chi connectivity index (χ2n) is 5.92. The number of nitrogens with zero attached hydrogens (tertiary/aromatic N) is 2. The van der Waals surface area contributed by atoms with Gasteiger partial charge in [0.05, 0.1) is 25.2 Å². The van der Waals surface area contributed by atoms with Crippen LogP contribution in [0.25, 0.3) is 0 Å². The van der Waals surface area contributed by atoms with E-state index in [1.807, 2.05) is 49.4 Å². The van der Waals surface area contributed by atoms with Crippen molar-refractivity contribution in [2.45, 2.75) is 18.6 Å². The molecule has 28 heavy (non-hydrogen) atoms. The van der Waals surface area contributed by atoms with Crippen LogP contribution < -0.4 is 14.8 Å². The van der Waals surface area contributed by atoms with Crippen molar-refractivity contribution in [3.63, 3.8) is 0 Å². The fraction of sp³-hybridized carbons (Fsp3) is 0.250. The quantitative estimate of drug-likeness (QED) is 0.547. The van der Waals surface area contributed by atoms with Gasteiger partial charge in [-0.15, -0.1) is 5.10 Å². The maximum atomic E-state index is 12.2. The maximum absolute atomic E-state index is 12.2. The number of methoxy groups -OCH3 is 1. The molecule has 0 aliphatic carbocycles. The lowest BCUT2D eigenvalue weighted by Crippen LogP contribution is -2.25. The zero-order chi connectivity index (χ0) is 19.9. The molecule has 0 saturated carbocycles. The Morgan fingerprint density at radius 2 is 2.11 bits per heavy atom. The molecule has 1 fully saturated rings.